The minimum Gasteiger partial charge on any atom is -0.493 e. The summed E-state index contributed by atoms with van der Waals surface area (Å²) in [5, 5.41) is 6.13. The van der Waals surface area contributed by atoms with Crippen LogP contribution in [0, 0.1) is 0 Å². The molecule has 0 aromatic heterocycles. The summed E-state index contributed by atoms with van der Waals surface area (Å²) in [6, 6.07) is 3.24. The van der Waals surface area contributed by atoms with Crippen LogP contribution < -0.4 is 20.1 Å². The van der Waals surface area contributed by atoms with Crippen molar-refractivity contribution >= 4 is 29.9 Å². The Balaban J connectivity index is 0.00000441. The van der Waals surface area contributed by atoms with E-state index in [4.69, 9.17) is 21.1 Å². The van der Waals surface area contributed by atoms with Gasteiger partial charge in [-0.05, 0) is 25.6 Å². The minimum absolute atomic E-state index is 0. The van der Waals surface area contributed by atoms with Crippen LogP contribution >= 0.6 is 24.0 Å². The standard InChI is InChI=1S/C15H23ClN2O3.ClH/c1-4-5-8-21-14-12(16)9-11(10-13(14)20-3)15(19)18-7-6-17-2;/h9-10,17H,4-8H2,1-3H3,(H,18,19);1H. The summed E-state index contributed by atoms with van der Waals surface area (Å²) in [5.74, 6) is 0.766. The number of amides is 1. The highest BCUT2D eigenvalue weighted by Crippen LogP contribution is 2.36. The van der Waals surface area contributed by atoms with Crippen LogP contribution in [0.1, 0.15) is 30.1 Å². The second-order valence-corrected chi connectivity index (χ2v) is 4.96. The SMILES string of the molecule is CCCCOc1c(Cl)cc(C(=O)NCCNC)cc1OC.Cl. The van der Waals surface area contributed by atoms with Crippen molar-refractivity contribution in [2.75, 3.05) is 33.9 Å². The monoisotopic (exact) mass is 350 g/mol. The van der Waals surface area contributed by atoms with E-state index in [1.807, 2.05) is 7.05 Å². The normalized spacial score (nSPS) is 9.82. The molecule has 1 aromatic carbocycles. The molecule has 2 N–H and O–H groups in total. The van der Waals surface area contributed by atoms with Crippen molar-refractivity contribution in [2.45, 2.75) is 19.8 Å². The van der Waals surface area contributed by atoms with Gasteiger partial charge in [0.1, 0.15) is 0 Å². The number of ether oxygens (including phenoxy) is 2. The molecule has 5 nitrogen and oxygen atoms in total. The smallest absolute Gasteiger partial charge is 0.251 e. The maximum Gasteiger partial charge on any atom is 0.251 e. The predicted molar refractivity (Wildman–Crippen MR) is 91.9 cm³/mol. The molecule has 0 bridgehead atoms. The van der Waals surface area contributed by atoms with Crippen LogP contribution in [0.3, 0.4) is 0 Å². The van der Waals surface area contributed by atoms with Gasteiger partial charge in [0, 0.05) is 18.7 Å². The fourth-order valence-corrected chi connectivity index (χ4v) is 1.98. The molecule has 0 aliphatic rings. The second kappa shape index (κ2) is 11.4. The van der Waals surface area contributed by atoms with Crippen molar-refractivity contribution in [2.24, 2.45) is 0 Å². The average molecular weight is 351 g/mol. The number of hydrogen-bond acceptors (Lipinski definition) is 4. The molecule has 0 unspecified atom stereocenters. The molecule has 0 aliphatic carbocycles. The Morgan fingerprint density at radius 3 is 2.64 bits per heavy atom. The first-order chi connectivity index (χ1) is 10.1. The Labute approximate surface area is 143 Å². The van der Waals surface area contributed by atoms with Gasteiger partial charge in [-0.2, -0.15) is 0 Å². The Morgan fingerprint density at radius 2 is 2.05 bits per heavy atom. The van der Waals surface area contributed by atoms with Crippen molar-refractivity contribution < 1.29 is 14.3 Å². The molecule has 0 aliphatic heterocycles. The topological polar surface area (TPSA) is 59.6 Å². The van der Waals surface area contributed by atoms with Crippen LogP contribution in [-0.2, 0) is 0 Å². The molecule has 126 valence electrons. The van der Waals surface area contributed by atoms with Gasteiger partial charge in [-0.25, -0.2) is 0 Å². The van der Waals surface area contributed by atoms with E-state index in [0.717, 1.165) is 12.8 Å². The zero-order valence-corrected chi connectivity index (χ0v) is 14.8. The lowest BCUT2D eigenvalue weighted by Gasteiger charge is -2.14. The summed E-state index contributed by atoms with van der Waals surface area (Å²) in [4.78, 5) is 12.0. The summed E-state index contributed by atoms with van der Waals surface area (Å²) in [7, 11) is 3.36. The predicted octanol–water partition coefficient (Wildman–Crippen LogP) is 2.90. The highest BCUT2D eigenvalue weighted by Gasteiger charge is 2.15. The molecule has 0 spiro atoms. The van der Waals surface area contributed by atoms with Gasteiger partial charge in [0.15, 0.2) is 11.5 Å². The zero-order chi connectivity index (χ0) is 15.7. The first-order valence-electron chi connectivity index (χ1n) is 7.07. The third kappa shape index (κ3) is 6.30. The molecule has 1 amide bonds. The van der Waals surface area contributed by atoms with E-state index in [2.05, 4.69) is 17.6 Å². The number of unbranched alkanes of at least 4 members (excludes halogenated alkanes) is 1. The maximum atomic E-state index is 12.0. The van der Waals surface area contributed by atoms with Gasteiger partial charge in [-0.15, -0.1) is 12.4 Å². The summed E-state index contributed by atoms with van der Waals surface area (Å²) in [6.07, 6.45) is 1.97. The molecular weight excluding hydrogens is 327 g/mol. The lowest BCUT2D eigenvalue weighted by atomic mass is 10.2. The van der Waals surface area contributed by atoms with E-state index >= 15 is 0 Å². The number of carbonyl (C=O) groups is 1. The molecule has 1 rings (SSSR count). The van der Waals surface area contributed by atoms with Gasteiger partial charge in [0.2, 0.25) is 0 Å². The fourth-order valence-electron chi connectivity index (χ4n) is 1.71. The number of carbonyl (C=O) groups excluding carboxylic acids is 1. The molecule has 0 saturated heterocycles. The first-order valence-corrected chi connectivity index (χ1v) is 7.45. The number of halogens is 2. The van der Waals surface area contributed by atoms with Crippen LogP contribution in [-0.4, -0.2) is 39.8 Å². The van der Waals surface area contributed by atoms with Crippen molar-refractivity contribution in [1.82, 2.24) is 10.6 Å². The Morgan fingerprint density at radius 1 is 1.32 bits per heavy atom. The average Bonchev–Trinajstić information content (AvgIpc) is 2.48. The van der Waals surface area contributed by atoms with Crippen LogP contribution in [0.15, 0.2) is 12.1 Å². The molecule has 1 aromatic rings. The molecule has 0 radical (unpaired) electrons. The number of hydrogen-bond donors (Lipinski definition) is 2. The lowest BCUT2D eigenvalue weighted by Crippen LogP contribution is -2.30. The van der Waals surface area contributed by atoms with Crippen LogP contribution in [0.2, 0.25) is 5.02 Å². The lowest BCUT2D eigenvalue weighted by molar-refractivity contribution is 0.0953. The van der Waals surface area contributed by atoms with E-state index in [1.54, 1.807) is 12.1 Å². The van der Waals surface area contributed by atoms with E-state index in [9.17, 15) is 4.79 Å². The zero-order valence-electron chi connectivity index (χ0n) is 13.2. The third-order valence-electron chi connectivity index (χ3n) is 2.90. The number of methoxy groups -OCH3 is 1. The van der Waals surface area contributed by atoms with Gasteiger partial charge in [0.25, 0.3) is 5.91 Å². The molecule has 22 heavy (non-hydrogen) atoms. The van der Waals surface area contributed by atoms with Crippen molar-refractivity contribution in [3.8, 4) is 11.5 Å². The number of rotatable bonds is 9. The summed E-state index contributed by atoms with van der Waals surface area (Å²) in [5.41, 5.74) is 0.454. The highest BCUT2D eigenvalue weighted by atomic mass is 35.5. The van der Waals surface area contributed by atoms with Gasteiger partial charge in [0.05, 0.1) is 18.7 Å². The van der Waals surface area contributed by atoms with Gasteiger partial charge >= 0.3 is 0 Å². The summed E-state index contributed by atoms with van der Waals surface area (Å²) < 4.78 is 10.9. The maximum absolute atomic E-state index is 12.0. The van der Waals surface area contributed by atoms with Crippen LogP contribution in [0.5, 0.6) is 11.5 Å². The van der Waals surface area contributed by atoms with Crippen LogP contribution in [0.4, 0.5) is 0 Å². The molecule has 0 fully saturated rings. The number of benzene rings is 1. The summed E-state index contributed by atoms with van der Waals surface area (Å²) in [6.45, 7) is 3.90. The quantitative estimate of drug-likeness (QED) is 0.672. The Bertz CT molecular complexity index is 470. The molecular formula is C15H24Cl2N2O3. The molecule has 7 heteroatoms. The van der Waals surface area contributed by atoms with Crippen molar-refractivity contribution in [1.29, 1.82) is 0 Å². The second-order valence-electron chi connectivity index (χ2n) is 4.55. The highest BCUT2D eigenvalue weighted by molar-refractivity contribution is 6.32. The minimum atomic E-state index is -0.189. The van der Waals surface area contributed by atoms with Gasteiger partial charge < -0.3 is 20.1 Å². The van der Waals surface area contributed by atoms with Gasteiger partial charge in [-0.3, -0.25) is 4.79 Å². The molecule has 0 heterocycles. The van der Waals surface area contributed by atoms with E-state index in [1.165, 1.54) is 7.11 Å². The van der Waals surface area contributed by atoms with Crippen LogP contribution in [0.25, 0.3) is 0 Å². The fraction of sp³-hybridized carbons (Fsp3) is 0.533. The molecule has 0 saturated carbocycles. The van der Waals surface area contributed by atoms with Crippen molar-refractivity contribution in [3.63, 3.8) is 0 Å². The third-order valence-corrected chi connectivity index (χ3v) is 3.18. The number of likely N-dealkylation sites (N-methyl/N-ethyl adjacent to an activating group) is 1. The number of nitrogens with one attached hydrogen (secondary N) is 2. The van der Waals surface area contributed by atoms with Gasteiger partial charge in [-0.1, -0.05) is 24.9 Å². The van der Waals surface area contributed by atoms with Crippen molar-refractivity contribution in [3.05, 3.63) is 22.7 Å². The molecule has 0 atom stereocenters. The Kier molecular flexibility index (Phi) is 10.8. The first kappa shape index (κ1) is 20.8. The largest absolute Gasteiger partial charge is 0.493 e. The van der Waals surface area contributed by atoms with E-state index in [0.29, 0.717) is 41.8 Å². The van der Waals surface area contributed by atoms with E-state index < -0.39 is 0 Å². The Hall–Kier alpha value is -1.17. The summed E-state index contributed by atoms with van der Waals surface area (Å²) >= 11 is 6.20. The van der Waals surface area contributed by atoms with E-state index in [-0.39, 0.29) is 18.3 Å².